The molecule has 0 unspecified atom stereocenters. The number of rotatable bonds is 1. The Bertz CT molecular complexity index is 350. The first kappa shape index (κ1) is 6.78. The number of anilines is 1. The number of hydrogen-bond acceptors (Lipinski definition) is 4. The highest BCUT2D eigenvalue weighted by Gasteiger charge is 1.95. The van der Waals surface area contributed by atoms with Crippen molar-refractivity contribution in [3.8, 4) is 5.69 Å². The highest BCUT2D eigenvalue weighted by atomic mass is 15.5. The van der Waals surface area contributed by atoms with Crippen LogP contribution in [0.25, 0.3) is 5.69 Å². The van der Waals surface area contributed by atoms with Crippen LogP contribution in [-0.4, -0.2) is 20.2 Å². The van der Waals surface area contributed by atoms with Crippen molar-refractivity contribution >= 4 is 5.69 Å². The molecule has 1 aromatic heterocycles. The molecule has 1 aromatic carbocycles. The van der Waals surface area contributed by atoms with Crippen LogP contribution in [-0.2, 0) is 0 Å². The van der Waals surface area contributed by atoms with Gasteiger partial charge in [-0.25, -0.2) is 4.68 Å². The maximum absolute atomic E-state index is 5.52. The Balaban J connectivity index is 2.43. The van der Waals surface area contributed by atoms with Gasteiger partial charge in [0.1, 0.15) is 6.33 Å². The molecule has 0 atom stereocenters. The molecule has 0 saturated heterocycles. The van der Waals surface area contributed by atoms with Gasteiger partial charge in [0, 0.05) is 5.69 Å². The molecule has 5 nitrogen and oxygen atoms in total. The van der Waals surface area contributed by atoms with E-state index < -0.39 is 0 Å². The molecule has 2 aromatic rings. The molecule has 2 rings (SSSR count). The molecule has 0 spiro atoms. The number of aromatic nitrogens is 4. The highest BCUT2D eigenvalue weighted by molar-refractivity contribution is 5.44. The van der Waals surface area contributed by atoms with Gasteiger partial charge in [-0.05, 0) is 34.7 Å². The van der Waals surface area contributed by atoms with Crippen LogP contribution < -0.4 is 5.73 Å². The number of hydrogen-bond donors (Lipinski definition) is 1. The summed E-state index contributed by atoms with van der Waals surface area (Å²) in [6.45, 7) is 0. The summed E-state index contributed by atoms with van der Waals surface area (Å²) in [6, 6.07) is 7.31. The van der Waals surface area contributed by atoms with E-state index in [1.807, 2.05) is 12.1 Å². The van der Waals surface area contributed by atoms with Gasteiger partial charge in [0.25, 0.3) is 0 Å². The Labute approximate surface area is 68.8 Å². The minimum atomic E-state index is 0.729. The predicted molar refractivity (Wildman–Crippen MR) is 43.6 cm³/mol. The third-order valence-electron chi connectivity index (χ3n) is 1.51. The van der Waals surface area contributed by atoms with Crippen molar-refractivity contribution in [1.82, 2.24) is 20.2 Å². The first-order chi connectivity index (χ1) is 5.86. The van der Waals surface area contributed by atoms with Gasteiger partial charge in [0.2, 0.25) is 0 Å². The number of tetrazole rings is 1. The zero-order valence-corrected chi connectivity index (χ0v) is 6.25. The van der Waals surface area contributed by atoms with Crippen LogP contribution >= 0.6 is 0 Å². The Morgan fingerprint density at radius 2 is 1.92 bits per heavy atom. The molecule has 2 N–H and O–H groups in total. The van der Waals surface area contributed by atoms with Gasteiger partial charge in [-0.2, -0.15) is 0 Å². The minimum Gasteiger partial charge on any atom is -0.399 e. The lowest BCUT2D eigenvalue weighted by Crippen LogP contribution is -1.95. The summed E-state index contributed by atoms with van der Waals surface area (Å²) in [6.07, 6.45) is 1.53. The smallest absolute Gasteiger partial charge is 0.143 e. The van der Waals surface area contributed by atoms with Gasteiger partial charge in [-0.15, -0.1) is 5.10 Å². The SMILES string of the molecule is Nc1ccc(-n2cnnn2)cc1. The van der Waals surface area contributed by atoms with Gasteiger partial charge >= 0.3 is 0 Å². The topological polar surface area (TPSA) is 69.6 Å². The average Bonchev–Trinajstić information content (AvgIpc) is 2.58. The molecular formula is C7H7N5. The first-order valence-corrected chi connectivity index (χ1v) is 3.45. The molecule has 0 amide bonds. The van der Waals surface area contributed by atoms with Gasteiger partial charge in [0.15, 0.2) is 0 Å². The third kappa shape index (κ3) is 1.12. The van der Waals surface area contributed by atoms with E-state index >= 15 is 0 Å². The Kier molecular flexibility index (Phi) is 1.48. The predicted octanol–water partition coefficient (Wildman–Crippen LogP) is 0.244. The van der Waals surface area contributed by atoms with Crippen LogP contribution in [0.2, 0.25) is 0 Å². The molecule has 1 heterocycles. The molecule has 12 heavy (non-hydrogen) atoms. The second-order valence-electron chi connectivity index (χ2n) is 2.35. The van der Waals surface area contributed by atoms with Crippen LogP contribution in [0.15, 0.2) is 30.6 Å². The van der Waals surface area contributed by atoms with E-state index in [4.69, 9.17) is 5.73 Å². The summed E-state index contributed by atoms with van der Waals surface area (Å²) in [5.74, 6) is 0. The van der Waals surface area contributed by atoms with E-state index in [-0.39, 0.29) is 0 Å². The normalized spacial score (nSPS) is 10.0. The zero-order valence-electron chi connectivity index (χ0n) is 6.25. The van der Waals surface area contributed by atoms with Crippen molar-refractivity contribution in [2.45, 2.75) is 0 Å². The summed E-state index contributed by atoms with van der Waals surface area (Å²) in [7, 11) is 0. The van der Waals surface area contributed by atoms with Crippen LogP contribution in [0.3, 0.4) is 0 Å². The molecule has 0 fully saturated rings. The number of nitrogens with zero attached hydrogens (tertiary/aromatic N) is 4. The fourth-order valence-corrected chi connectivity index (χ4v) is 0.907. The van der Waals surface area contributed by atoms with Crippen LogP contribution in [0.1, 0.15) is 0 Å². The molecule has 0 aliphatic heterocycles. The maximum atomic E-state index is 5.52. The zero-order chi connectivity index (χ0) is 8.39. The molecule has 5 heteroatoms. The van der Waals surface area contributed by atoms with E-state index in [1.165, 1.54) is 6.33 Å². The Hall–Kier alpha value is -1.91. The minimum absolute atomic E-state index is 0.729. The summed E-state index contributed by atoms with van der Waals surface area (Å²) in [5.41, 5.74) is 7.15. The van der Waals surface area contributed by atoms with Crippen LogP contribution in [0.4, 0.5) is 5.69 Å². The van der Waals surface area contributed by atoms with Crippen molar-refractivity contribution in [2.75, 3.05) is 5.73 Å². The molecule has 0 aliphatic rings. The fourth-order valence-electron chi connectivity index (χ4n) is 0.907. The second-order valence-corrected chi connectivity index (χ2v) is 2.35. The summed E-state index contributed by atoms with van der Waals surface area (Å²) >= 11 is 0. The quantitative estimate of drug-likeness (QED) is 0.608. The third-order valence-corrected chi connectivity index (χ3v) is 1.51. The molecule has 0 saturated carbocycles. The monoisotopic (exact) mass is 161 g/mol. The lowest BCUT2D eigenvalue weighted by Gasteiger charge is -1.97. The largest absolute Gasteiger partial charge is 0.399 e. The molecular weight excluding hydrogens is 154 g/mol. The average molecular weight is 161 g/mol. The van der Waals surface area contributed by atoms with E-state index in [1.54, 1.807) is 16.8 Å². The van der Waals surface area contributed by atoms with E-state index in [0.717, 1.165) is 11.4 Å². The fraction of sp³-hybridized carbons (Fsp3) is 0. The number of nitrogen functional groups attached to an aromatic ring is 1. The van der Waals surface area contributed by atoms with Crippen molar-refractivity contribution in [2.24, 2.45) is 0 Å². The number of nitrogens with two attached hydrogens (primary N) is 1. The molecule has 60 valence electrons. The summed E-state index contributed by atoms with van der Waals surface area (Å²) < 4.78 is 1.57. The Morgan fingerprint density at radius 1 is 1.17 bits per heavy atom. The molecule has 0 bridgehead atoms. The summed E-state index contributed by atoms with van der Waals surface area (Å²) in [5, 5.41) is 10.8. The molecule has 0 radical (unpaired) electrons. The van der Waals surface area contributed by atoms with Crippen molar-refractivity contribution < 1.29 is 0 Å². The van der Waals surface area contributed by atoms with Gasteiger partial charge in [-0.1, -0.05) is 0 Å². The van der Waals surface area contributed by atoms with Gasteiger partial charge < -0.3 is 5.73 Å². The standard InChI is InChI=1S/C7H7N5/c8-6-1-3-7(4-2-6)12-5-9-10-11-12/h1-5H,8H2. The maximum Gasteiger partial charge on any atom is 0.143 e. The van der Waals surface area contributed by atoms with Gasteiger partial charge in [0.05, 0.1) is 5.69 Å². The van der Waals surface area contributed by atoms with Crippen LogP contribution in [0.5, 0.6) is 0 Å². The summed E-state index contributed by atoms with van der Waals surface area (Å²) in [4.78, 5) is 0. The molecule has 0 aliphatic carbocycles. The first-order valence-electron chi connectivity index (χ1n) is 3.45. The lowest BCUT2D eigenvalue weighted by atomic mass is 10.3. The second kappa shape index (κ2) is 2.61. The van der Waals surface area contributed by atoms with Crippen LogP contribution in [0, 0.1) is 0 Å². The van der Waals surface area contributed by atoms with E-state index in [9.17, 15) is 0 Å². The lowest BCUT2D eigenvalue weighted by molar-refractivity contribution is 0.789. The van der Waals surface area contributed by atoms with Crippen molar-refractivity contribution in [3.63, 3.8) is 0 Å². The van der Waals surface area contributed by atoms with Crippen molar-refractivity contribution in [3.05, 3.63) is 30.6 Å². The highest BCUT2D eigenvalue weighted by Crippen LogP contribution is 2.07. The van der Waals surface area contributed by atoms with E-state index in [0.29, 0.717) is 0 Å². The van der Waals surface area contributed by atoms with E-state index in [2.05, 4.69) is 15.5 Å². The number of benzene rings is 1. The Morgan fingerprint density at radius 3 is 2.50 bits per heavy atom. The van der Waals surface area contributed by atoms with Crippen molar-refractivity contribution in [1.29, 1.82) is 0 Å². The van der Waals surface area contributed by atoms with Gasteiger partial charge in [-0.3, -0.25) is 0 Å².